The third kappa shape index (κ3) is 12.6. The fourth-order valence-corrected chi connectivity index (χ4v) is 5.79. The Kier molecular flexibility index (Phi) is 17.0. The van der Waals surface area contributed by atoms with Gasteiger partial charge in [-0.25, -0.2) is 8.78 Å². The minimum atomic E-state index is -2.39. The molecule has 2 heterocycles. The molecule has 1 aliphatic heterocycles. The number of hydrazine groups is 1. The molecular formula is C34H56F2N6. The third-order valence-electron chi connectivity index (χ3n) is 8.24. The van der Waals surface area contributed by atoms with Crippen molar-refractivity contribution in [2.24, 2.45) is 11.8 Å². The second kappa shape index (κ2) is 19.9. The topological polar surface area (TPSA) is 69.5 Å². The number of allylic oxidation sites excluding steroid dienone is 1. The van der Waals surface area contributed by atoms with Crippen molar-refractivity contribution in [2.75, 3.05) is 46.9 Å². The van der Waals surface area contributed by atoms with Gasteiger partial charge in [-0.1, -0.05) is 56.3 Å². The van der Waals surface area contributed by atoms with Gasteiger partial charge in [0.1, 0.15) is 0 Å². The van der Waals surface area contributed by atoms with Crippen LogP contribution in [0.5, 0.6) is 0 Å². The first-order valence-electron chi connectivity index (χ1n) is 15.8. The molecule has 0 amide bonds. The summed E-state index contributed by atoms with van der Waals surface area (Å²) in [6, 6.07) is 15.5. The molecule has 0 radical (unpaired) electrons. The number of rotatable bonds is 8. The van der Waals surface area contributed by atoms with Crippen molar-refractivity contribution in [3.05, 3.63) is 78.1 Å². The maximum atomic E-state index is 12.5. The number of alkyl halides is 2. The Labute approximate surface area is 254 Å². The zero-order chi connectivity index (χ0) is 30.8. The highest BCUT2D eigenvalue weighted by atomic mass is 19.3. The van der Waals surface area contributed by atoms with Gasteiger partial charge in [-0.2, -0.15) is 0 Å². The van der Waals surface area contributed by atoms with E-state index >= 15 is 0 Å². The first kappa shape index (κ1) is 36.0. The number of nitrogens with one attached hydrogen (secondary N) is 2. The molecule has 2 fully saturated rings. The van der Waals surface area contributed by atoms with Gasteiger partial charge in [-0.15, -0.1) is 6.58 Å². The van der Waals surface area contributed by atoms with Crippen LogP contribution in [0.25, 0.3) is 0 Å². The zero-order valence-corrected chi connectivity index (χ0v) is 26.5. The summed E-state index contributed by atoms with van der Waals surface area (Å²) in [4.78, 5) is 9.23. The Morgan fingerprint density at radius 3 is 2.45 bits per heavy atom. The average Bonchev–Trinajstić information content (AvgIpc) is 3.54. The molecular weight excluding hydrogens is 530 g/mol. The van der Waals surface area contributed by atoms with Crippen LogP contribution in [0, 0.1) is 5.92 Å². The lowest BCUT2D eigenvalue weighted by molar-refractivity contribution is -0.0410. The van der Waals surface area contributed by atoms with E-state index in [1.165, 1.54) is 55.6 Å². The SMILES string of the molecule is C=CC1CCC(F)(F)CC1.CC.CN(C)C(CCN1CCNC1)c1ccccc1.NNCC1CCCc2cccnc21. The molecule has 3 aliphatic rings. The quantitative estimate of drug-likeness (QED) is 0.186. The molecule has 5 rings (SSSR count). The van der Waals surface area contributed by atoms with E-state index in [4.69, 9.17) is 5.84 Å². The molecule has 2 aromatic rings. The number of pyridine rings is 1. The van der Waals surface area contributed by atoms with Gasteiger partial charge in [0.25, 0.3) is 0 Å². The highest BCUT2D eigenvalue weighted by molar-refractivity contribution is 5.26. The van der Waals surface area contributed by atoms with Crippen molar-refractivity contribution >= 4 is 0 Å². The summed E-state index contributed by atoms with van der Waals surface area (Å²) < 4.78 is 25.0. The molecule has 1 saturated heterocycles. The number of aromatic nitrogens is 1. The summed E-state index contributed by atoms with van der Waals surface area (Å²) in [7, 11) is 4.33. The maximum Gasteiger partial charge on any atom is 0.248 e. The van der Waals surface area contributed by atoms with Crippen LogP contribution in [-0.2, 0) is 6.42 Å². The van der Waals surface area contributed by atoms with Crippen LogP contribution in [0.4, 0.5) is 8.78 Å². The van der Waals surface area contributed by atoms with E-state index in [0.717, 1.165) is 19.8 Å². The summed E-state index contributed by atoms with van der Waals surface area (Å²) in [5.74, 6) is 3.79. The fourth-order valence-electron chi connectivity index (χ4n) is 5.79. The first-order valence-corrected chi connectivity index (χ1v) is 15.8. The molecule has 1 aromatic heterocycles. The largest absolute Gasteiger partial charge is 0.303 e. The summed E-state index contributed by atoms with van der Waals surface area (Å²) in [6.45, 7) is 13.0. The number of benzene rings is 1. The monoisotopic (exact) mass is 586 g/mol. The molecule has 8 heteroatoms. The van der Waals surface area contributed by atoms with E-state index in [1.807, 2.05) is 26.1 Å². The smallest absolute Gasteiger partial charge is 0.248 e. The van der Waals surface area contributed by atoms with Gasteiger partial charge in [0, 0.05) is 69.5 Å². The molecule has 1 saturated carbocycles. The standard InChI is InChI=1S/C14H23N3.C10H15N3.C8H12F2.C2H6/c1-16(2)14(13-6-4-3-5-7-13)8-10-17-11-9-15-12-17;11-13-7-9-4-1-3-8-5-2-6-12-10(8)9;1-2-7-3-5-8(9,10)6-4-7;1-2/h3-7,14-15H,8-12H2,1-2H3;2,5-6,9,13H,1,3-4,7,11H2;2,7H,1,3-6H2;1-2H3. The van der Waals surface area contributed by atoms with Crippen LogP contribution in [0.1, 0.15) is 87.6 Å². The van der Waals surface area contributed by atoms with Crippen LogP contribution in [-0.4, -0.2) is 67.6 Å². The Balaban J connectivity index is 0.000000221. The number of nitrogens with two attached hydrogens (primary N) is 1. The second-order valence-electron chi connectivity index (χ2n) is 11.4. The molecule has 0 bridgehead atoms. The number of hydrogen-bond acceptors (Lipinski definition) is 6. The van der Waals surface area contributed by atoms with Gasteiger partial charge in [-0.05, 0) is 75.7 Å². The summed E-state index contributed by atoms with van der Waals surface area (Å²) in [5.41, 5.74) is 6.80. The van der Waals surface area contributed by atoms with Crippen molar-refractivity contribution in [3.8, 4) is 0 Å². The minimum absolute atomic E-state index is 0.0453. The summed E-state index contributed by atoms with van der Waals surface area (Å²) >= 11 is 0. The Morgan fingerprint density at radius 2 is 1.86 bits per heavy atom. The molecule has 236 valence electrons. The number of fused-ring (bicyclic) bond motifs is 1. The normalized spacial score (nSPS) is 20.5. The molecule has 6 nitrogen and oxygen atoms in total. The van der Waals surface area contributed by atoms with Crippen LogP contribution in [0.15, 0.2) is 61.3 Å². The van der Waals surface area contributed by atoms with Crippen LogP contribution >= 0.6 is 0 Å². The Hall–Kier alpha value is -2.23. The van der Waals surface area contributed by atoms with Gasteiger partial charge in [0.05, 0.1) is 0 Å². The van der Waals surface area contributed by atoms with Gasteiger partial charge in [0.15, 0.2) is 0 Å². The number of hydrogen-bond donors (Lipinski definition) is 3. The molecule has 2 atom stereocenters. The number of halogens is 2. The number of nitrogens with zero attached hydrogens (tertiary/aromatic N) is 3. The van der Waals surface area contributed by atoms with Crippen molar-refractivity contribution in [1.29, 1.82) is 0 Å². The van der Waals surface area contributed by atoms with E-state index in [0.29, 0.717) is 30.7 Å². The van der Waals surface area contributed by atoms with Crippen molar-refractivity contribution in [3.63, 3.8) is 0 Å². The van der Waals surface area contributed by atoms with E-state index in [9.17, 15) is 8.78 Å². The summed E-state index contributed by atoms with van der Waals surface area (Å²) in [6.07, 6.45) is 9.78. The zero-order valence-electron chi connectivity index (χ0n) is 26.5. The van der Waals surface area contributed by atoms with Crippen LogP contribution in [0.3, 0.4) is 0 Å². The first-order chi connectivity index (χ1) is 20.3. The van der Waals surface area contributed by atoms with Gasteiger partial charge in [-0.3, -0.25) is 21.2 Å². The Bertz CT molecular complexity index is 971. The van der Waals surface area contributed by atoms with E-state index < -0.39 is 5.92 Å². The van der Waals surface area contributed by atoms with Crippen molar-refractivity contribution < 1.29 is 8.78 Å². The predicted octanol–water partition coefficient (Wildman–Crippen LogP) is 6.53. The van der Waals surface area contributed by atoms with Gasteiger partial charge in [0.2, 0.25) is 5.92 Å². The highest BCUT2D eigenvalue weighted by Gasteiger charge is 2.33. The van der Waals surface area contributed by atoms with E-state index in [1.54, 1.807) is 6.08 Å². The maximum absolute atomic E-state index is 12.5. The predicted molar refractivity (Wildman–Crippen MR) is 172 cm³/mol. The summed E-state index contributed by atoms with van der Waals surface area (Å²) in [5, 5.41) is 3.38. The molecule has 0 spiro atoms. The van der Waals surface area contributed by atoms with Crippen LogP contribution < -0.4 is 16.6 Å². The molecule has 2 unspecified atom stereocenters. The van der Waals surface area contributed by atoms with Gasteiger partial charge >= 0.3 is 0 Å². The lowest BCUT2D eigenvalue weighted by atomic mass is 9.87. The van der Waals surface area contributed by atoms with E-state index in [-0.39, 0.29) is 12.8 Å². The van der Waals surface area contributed by atoms with Crippen molar-refractivity contribution in [1.82, 2.24) is 25.5 Å². The Morgan fingerprint density at radius 1 is 1.14 bits per heavy atom. The van der Waals surface area contributed by atoms with Crippen LogP contribution in [0.2, 0.25) is 0 Å². The minimum Gasteiger partial charge on any atom is -0.303 e. The fraction of sp³-hybridized carbons (Fsp3) is 0.618. The second-order valence-corrected chi connectivity index (χ2v) is 11.4. The third-order valence-corrected chi connectivity index (χ3v) is 8.24. The molecule has 1 aromatic carbocycles. The molecule has 4 N–H and O–H groups in total. The van der Waals surface area contributed by atoms with E-state index in [2.05, 4.69) is 82.6 Å². The highest BCUT2D eigenvalue weighted by Crippen LogP contribution is 2.36. The number of aryl methyl sites for hydroxylation is 1. The lowest BCUT2D eigenvalue weighted by Gasteiger charge is -2.26. The lowest BCUT2D eigenvalue weighted by Crippen LogP contribution is -2.30. The average molecular weight is 587 g/mol. The molecule has 42 heavy (non-hydrogen) atoms. The van der Waals surface area contributed by atoms with Crippen molar-refractivity contribution in [2.45, 2.75) is 83.1 Å². The van der Waals surface area contributed by atoms with Gasteiger partial charge < -0.3 is 10.2 Å². The molecule has 2 aliphatic carbocycles.